The summed E-state index contributed by atoms with van der Waals surface area (Å²) in [6.07, 6.45) is 0.402. The minimum absolute atomic E-state index is 0.0519. The molecule has 0 aliphatic carbocycles. The third-order valence-corrected chi connectivity index (χ3v) is 7.16. The molecule has 1 aliphatic heterocycles. The molecule has 0 N–H and O–H groups in total. The molecule has 0 bridgehead atoms. The van der Waals surface area contributed by atoms with Crippen molar-refractivity contribution in [3.05, 3.63) is 57.8 Å². The highest BCUT2D eigenvalue weighted by atomic mass is 32.2. The summed E-state index contributed by atoms with van der Waals surface area (Å²) >= 11 is 1.30. The smallest absolute Gasteiger partial charge is 0.348 e. The third kappa shape index (κ3) is 5.17. The number of nitrogens with zero attached hydrogens (tertiary/aromatic N) is 1. The van der Waals surface area contributed by atoms with E-state index in [0.717, 1.165) is 10.4 Å². The standard InChI is InChI=1S/C19H21NO5S2/c1-14-7-8-17(26-14)19(22)25-12-18(21)20(11-15-5-3-2-4-6-15)16-9-10-27(23,24)13-16/h2-8,16H,9-13H2,1H3/t16-/m1/s1. The maximum Gasteiger partial charge on any atom is 0.348 e. The second-order valence-electron chi connectivity index (χ2n) is 6.55. The van der Waals surface area contributed by atoms with E-state index in [4.69, 9.17) is 4.74 Å². The number of rotatable bonds is 6. The van der Waals surface area contributed by atoms with Gasteiger partial charge < -0.3 is 9.64 Å². The van der Waals surface area contributed by atoms with Crippen molar-refractivity contribution in [2.45, 2.75) is 25.9 Å². The number of sulfone groups is 1. The number of esters is 1. The van der Waals surface area contributed by atoms with Crippen LogP contribution in [-0.4, -0.2) is 49.3 Å². The Hall–Kier alpha value is -2.19. The molecule has 27 heavy (non-hydrogen) atoms. The minimum Gasteiger partial charge on any atom is -0.451 e. The van der Waals surface area contributed by atoms with Crippen LogP contribution in [0.2, 0.25) is 0 Å². The molecule has 8 heteroatoms. The van der Waals surface area contributed by atoms with Crippen molar-refractivity contribution in [3.63, 3.8) is 0 Å². The van der Waals surface area contributed by atoms with Gasteiger partial charge in [-0.2, -0.15) is 0 Å². The van der Waals surface area contributed by atoms with Gasteiger partial charge in [-0.1, -0.05) is 30.3 Å². The van der Waals surface area contributed by atoms with Crippen LogP contribution in [0.15, 0.2) is 42.5 Å². The molecule has 1 fully saturated rings. The zero-order valence-electron chi connectivity index (χ0n) is 15.0. The van der Waals surface area contributed by atoms with Gasteiger partial charge >= 0.3 is 5.97 Å². The van der Waals surface area contributed by atoms with Crippen LogP contribution in [0.1, 0.15) is 26.5 Å². The Kier molecular flexibility index (Phi) is 5.96. The molecule has 2 heterocycles. The number of ether oxygens (including phenoxy) is 1. The number of thiophene rings is 1. The summed E-state index contributed by atoms with van der Waals surface area (Å²) in [4.78, 5) is 27.8. The molecule has 0 unspecified atom stereocenters. The molecule has 1 atom stereocenters. The first-order valence-electron chi connectivity index (χ1n) is 8.61. The van der Waals surface area contributed by atoms with Crippen LogP contribution in [-0.2, 0) is 25.9 Å². The van der Waals surface area contributed by atoms with E-state index in [9.17, 15) is 18.0 Å². The maximum absolute atomic E-state index is 12.7. The fourth-order valence-corrected chi connectivity index (χ4v) is 5.54. The SMILES string of the molecule is Cc1ccc(C(=O)OCC(=O)N(Cc2ccccc2)[C@@H]2CCS(=O)(=O)C2)s1. The molecule has 1 aromatic heterocycles. The van der Waals surface area contributed by atoms with Crippen LogP contribution in [0.25, 0.3) is 0 Å². The number of aryl methyl sites for hydroxylation is 1. The van der Waals surface area contributed by atoms with E-state index < -0.39 is 28.5 Å². The summed E-state index contributed by atoms with van der Waals surface area (Å²) < 4.78 is 28.9. The van der Waals surface area contributed by atoms with Gasteiger partial charge in [0, 0.05) is 17.5 Å². The molecule has 1 saturated heterocycles. The van der Waals surface area contributed by atoms with E-state index >= 15 is 0 Å². The van der Waals surface area contributed by atoms with Crippen molar-refractivity contribution in [1.29, 1.82) is 0 Å². The molecule has 0 saturated carbocycles. The summed E-state index contributed by atoms with van der Waals surface area (Å²) in [7, 11) is -3.14. The quantitative estimate of drug-likeness (QED) is 0.687. The second-order valence-corrected chi connectivity index (χ2v) is 10.1. The van der Waals surface area contributed by atoms with Crippen molar-refractivity contribution >= 4 is 33.1 Å². The Morgan fingerprint density at radius 1 is 1.19 bits per heavy atom. The van der Waals surface area contributed by atoms with E-state index in [1.165, 1.54) is 16.2 Å². The highest BCUT2D eigenvalue weighted by molar-refractivity contribution is 7.91. The highest BCUT2D eigenvalue weighted by Crippen LogP contribution is 2.21. The first kappa shape index (κ1) is 19.6. The Bertz CT molecular complexity index is 921. The molecule has 144 valence electrons. The van der Waals surface area contributed by atoms with Crippen LogP contribution >= 0.6 is 11.3 Å². The molecule has 3 rings (SSSR count). The van der Waals surface area contributed by atoms with E-state index in [-0.39, 0.29) is 24.0 Å². The van der Waals surface area contributed by atoms with Gasteiger partial charge in [-0.3, -0.25) is 4.79 Å². The Morgan fingerprint density at radius 2 is 1.93 bits per heavy atom. The molecule has 1 amide bonds. The summed E-state index contributed by atoms with van der Waals surface area (Å²) in [5.74, 6) is -0.906. The number of hydrogen-bond donors (Lipinski definition) is 0. The van der Waals surface area contributed by atoms with Gasteiger partial charge in [0.25, 0.3) is 5.91 Å². The number of amides is 1. The van der Waals surface area contributed by atoms with Crippen molar-refractivity contribution in [3.8, 4) is 0 Å². The molecule has 0 radical (unpaired) electrons. The average molecular weight is 408 g/mol. The molecule has 1 aliphatic rings. The van der Waals surface area contributed by atoms with Gasteiger partial charge in [-0.15, -0.1) is 11.3 Å². The lowest BCUT2D eigenvalue weighted by molar-refractivity contribution is -0.137. The van der Waals surface area contributed by atoms with Crippen LogP contribution in [0.3, 0.4) is 0 Å². The van der Waals surface area contributed by atoms with Crippen LogP contribution in [0.5, 0.6) is 0 Å². The van der Waals surface area contributed by atoms with Gasteiger partial charge in [0.2, 0.25) is 0 Å². The van der Waals surface area contributed by atoms with Gasteiger partial charge in [0.05, 0.1) is 11.5 Å². The zero-order valence-corrected chi connectivity index (χ0v) is 16.6. The molecule has 1 aromatic carbocycles. The predicted molar refractivity (Wildman–Crippen MR) is 103 cm³/mol. The highest BCUT2D eigenvalue weighted by Gasteiger charge is 2.35. The Morgan fingerprint density at radius 3 is 2.52 bits per heavy atom. The third-order valence-electron chi connectivity index (χ3n) is 4.43. The summed E-state index contributed by atoms with van der Waals surface area (Å²) in [6, 6.07) is 12.4. The van der Waals surface area contributed by atoms with Crippen molar-refractivity contribution in [2.24, 2.45) is 0 Å². The topological polar surface area (TPSA) is 80.8 Å². The number of carbonyl (C=O) groups excluding carboxylic acids is 2. The molecule has 2 aromatic rings. The molecular formula is C19H21NO5S2. The minimum atomic E-state index is -3.14. The molecule has 6 nitrogen and oxygen atoms in total. The van der Waals surface area contributed by atoms with E-state index in [1.54, 1.807) is 6.07 Å². The normalized spacial score (nSPS) is 18.2. The van der Waals surface area contributed by atoms with Crippen LogP contribution in [0, 0.1) is 6.92 Å². The first-order valence-corrected chi connectivity index (χ1v) is 11.3. The summed E-state index contributed by atoms with van der Waals surface area (Å²) in [5, 5.41) is 0. The largest absolute Gasteiger partial charge is 0.451 e. The lowest BCUT2D eigenvalue weighted by Gasteiger charge is -2.28. The first-order chi connectivity index (χ1) is 12.8. The van der Waals surface area contributed by atoms with E-state index in [1.807, 2.05) is 43.3 Å². The maximum atomic E-state index is 12.7. The monoisotopic (exact) mass is 407 g/mol. The Balaban J connectivity index is 1.69. The number of benzene rings is 1. The lowest BCUT2D eigenvalue weighted by atomic mass is 10.1. The fraction of sp³-hybridized carbons (Fsp3) is 0.368. The summed E-state index contributed by atoms with van der Waals surface area (Å²) in [6.45, 7) is 1.77. The Labute approximate surface area is 162 Å². The molecule has 0 spiro atoms. The average Bonchev–Trinajstić information content (AvgIpc) is 3.23. The number of hydrogen-bond acceptors (Lipinski definition) is 6. The zero-order chi connectivity index (χ0) is 19.4. The fourth-order valence-electron chi connectivity index (χ4n) is 3.05. The van der Waals surface area contributed by atoms with Crippen molar-refractivity contribution in [1.82, 2.24) is 4.90 Å². The van der Waals surface area contributed by atoms with Crippen molar-refractivity contribution < 1.29 is 22.7 Å². The second kappa shape index (κ2) is 8.22. The van der Waals surface area contributed by atoms with Gasteiger partial charge in [0.1, 0.15) is 4.88 Å². The van der Waals surface area contributed by atoms with Gasteiger partial charge in [-0.05, 0) is 31.0 Å². The van der Waals surface area contributed by atoms with Gasteiger partial charge in [0.15, 0.2) is 16.4 Å². The van der Waals surface area contributed by atoms with E-state index in [0.29, 0.717) is 11.3 Å². The van der Waals surface area contributed by atoms with Crippen molar-refractivity contribution in [2.75, 3.05) is 18.1 Å². The van der Waals surface area contributed by atoms with Crippen LogP contribution < -0.4 is 0 Å². The summed E-state index contributed by atoms with van der Waals surface area (Å²) in [5.41, 5.74) is 0.898. The van der Waals surface area contributed by atoms with Crippen LogP contribution in [0.4, 0.5) is 0 Å². The van der Waals surface area contributed by atoms with E-state index in [2.05, 4.69) is 0 Å². The predicted octanol–water partition coefficient (Wildman–Crippen LogP) is 2.43. The number of carbonyl (C=O) groups is 2. The van der Waals surface area contributed by atoms with Gasteiger partial charge in [-0.25, -0.2) is 13.2 Å². The molecular weight excluding hydrogens is 386 g/mol. The lowest BCUT2D eigenvalue weighted by Crippen LogP contribution is -2.42.